The molecular formula is C58H101NO5. The van der Waals surface area contributed by atoms with Crippen LogP contribution in [-0.2, 0) is 14.3 Å². The minimum atomic E-state index is -0.813. The fraction of sp³-hybridized carbons (Fsp3) is 0.724. The van der Waals surface area contributed by atoms with Crippen molar-refractivity contribution in [1.29, 1.82) is 0 Å². The van der Waals surface area contributed by atoms with Crippen LogP contribution < -0.4 is 5.32 Å². The summed E-state index contributed by atoms with van der Waals surface area (Å²) >= 11 is 0. The van der Waals surface area contributed by atoms with Crippen molar-refractivity contribution in [3.8, 4) is 0 Å². The topological polar surface area (TPSA) is 95.9 Å². The molecule has 0 saturated carbocycles. The van der Waals surface area contributed by atoms with E-state index in [1.54, 1.807) is 0 Å². The lowest BCUT2D eigenvalue weighted by molar-refractivity contribution is -0.151. The predicted molar refractivity (Wildman–Crippen MR) is 278 cm³/mol. The van der Waals surface area contributed by atoms with Crippen molar-refractivity contribution in [2.75, 3.05) is 6.61 Å². The number of amides is 1. The Labute approximate surface area is 395 Å². The van der Waals surface area contributed by atoms with Crippen LogP contribution in [-0.4, -0.2) is 46.9 Å². The van der Waals surface area contributed by atoms with Crippen LogP contribution in [0.4, 0.5) is 0 Å². The average Bonchev–Trinajstić information content (AvgIpc) is 3.29. The van der Waals surface area contributed by atoms with E-state index in [4.69, 9.17) is 4.74 Å². The predicted octanol–water partition coefficient (Wildman–Crippen LogP) is 16.3. The second-order valence-corrected chi connectivity index (χ2v) is 17.9. The van der Waals surface area contributed by atoms with Crippen LogP contribution in [0.25, 0.3) is 0 Å². The first-order valence-electron chi connectivity index (χ1n) is 26.8. The number of unbranched alkanes of at least 4 members (excludes halogenated alkanes) is 22. The van der Waals surface area contributed by atoms with Gasteiger partial charge in [0.15, 0.2) is 0 Å². The van der Waals surface area contributed by atoms with E-state index in [0.717, 1.165) is 77.0 Å². The maximum atomic E-state index is 13.2. The maximum Gasteiger partial charge on any atom is 0.306 e. The Morgan fingerprint density at radius 2 is 0.906 bits per heavy atom. The third-order valence-corrected chi connectivity index (χ3v) is 11.7. The number of carbonyl (C=O) groups is 2. The van der Waals surface area contributed by atoms with Crippen molar-refractivity contribution in [1.82, 2.24) is 5.32 Å². The van der Waals surface area contributed by atoms with Crippen LogP contribution in [0.2, 0.25) is 0 Å². The number of aliphatic hydroxyl groups excluding tert-OH is 2. The second-order valence-electron chi connectivity index (χ2n) is 17.9. The van der Waals surface area contributed by atoms with Crippen LogP contribution in [0.1, 0.15) is 245 Å². The van der Waals surface area contributed by atoms with Crippen LogP contribution in [0.5, 0.6) is 0 Å². The number of hydrogen-bond acceptors (Lipinski definition) is 5. The number of esters is 1. The minimum absolute atomic E-state index is 0.0185. The normalized spacial score (nSPS) is 13.9. The fourth-order valence-corrected chi connectivity index (χ4v) is 7.70. The SMILES string of the molecule is CC/C=C\C/C=C\C/C=C\C/C=C\C/C=C\CCCC(=O)OC(CCC/C=C/C=C/CCCCCCCCC)CC(=O)NC(CO)C(O)CCCCCCCCCCCCCCCC. The molecule has 0 aliphatic carbocycles. The Hall–Kier alpha value is -2.96. The Kier molecular flexibility index (Phi) is 48.7. The van der Waals surface area contributed by atoms with Crippen LogP contribution in [0.3, 0.4) is 0 Å². The van der Waals surface area contributed by atoms with Gasteiger partial charge >= 0.3 is 5.97 Å². The van der Waals surface area contributed by atoms with Crippen molar-refractivity contribution in [2.24, 2.45) is 0 Å². The Balaban J connectivity index is 4.73. The summed E-state index contributed by atoms with van der Waals surface area (Å²) in [6.45, 7) is 6.34. The summed E-state index contributed by atoms with van der Waals surface area (Å²) in [5.74, 6) is -0.593. The van der Waals surface area contributed by atoms with Gasteiger partial charge < -0.3 is 20.3 Å². The molecule has 0 heterocycles. The molecule has 0 saturated heterocycles. The molecule has 6 nitrogen and oxygen atoms in total. The Bertz CT molecular complexity index is 1230. The smallest absolute Gasteiger partial charge is 0.306 e. The van der Waals surface area contributed by atoms with Crippen molar-refractivity contribution in [2.45, 2.75) is 264 Å². The van der Waals surface area contributed by atoms with Gasteiger partial charge in [0.05, 0.1) is 25.2 Å². The highest BCUT2D eigenvalue weighted by molar-refractivity contribution is 5.77. The molecule has 6 heteroatoms. The summed E-state index contributed by atoms with van der Waals surface area (Å²) < 4.78 is 5.88. The lowest BCUT2D eigenvalue weighted by Gasteiger charge is -2.24. The molecule has 0 bridgehead atoms. The van der Waals surface area contributed by atoms with Crippen molar-refractivity contribution < 1.29 is 24.5 Å². The zero-order chi connectivity index (χ0) is 46.7. The molecule has 368 valence electrons. The molecule has 0 aromatic rings. The van der Waals surface area contributed by atoms with Crippen LogP contribution in [0, 0.1) is 0 Å². The zero-order valence-electron chi connectivity index (χ0n) is 41.9. The summed E-state index contributed by atoms with van der Waals surface area (Å²) in [6.07, 6.45) is 66.5. The van der Waals surface area contributed by atoms with Crippen molar-refractivity contribution in [3.63, 3.8) is 0 Å². The lowest BCUT2D eigenvalue weighted by Crippen LogP contribution is -2.46. The molecular weight excluding hydrogens is 791 g/mol. The van der Waals surface area contributed by atoms with E-state index in [1.807, 2.05) is 0 Å². The van der Waals surface area contributed by atoms with Crippen molar-refractivity contribution >= 4 is 11.9 Å². The molecule has 0 aliphatic rings. The van der Waals surface area contributed by atoms with Gasteiger partial charge in [-0.25, -0.2) is 0 Å². The zero-order valence-corrected chi connectivity index (χ0v) is 41.9. The summed E-state index contributed by atoms with van der Waals surface area (Å²) in [5.41, 5.74) is 0. The fourth-order valence-electron chi connectivity index (χ4n) is 7.70. The van der Waals surface area contributed by atoms with Gasteiger partial charge in [-0.05, 0) is 83.5 Å². The molecule has 0 fully saturated rings. The molecule has 3 unspecified atom stereocenters. The van der Waals surface area contributed by atoms with Crippen LogP contribution in [0.15, 0.2) is 85.1 Å². The lowest BCUT2D eigenvalue weighted by atomic mass is 10.0. The summed E-state index contributed by atoms with van der Waals surface area (Å²) in [6, 6.07) is -0.731. The largest absolute Gasteiger partial charge is 0.462 e. The molecule has 0 radical (unpaired) electrons. The molecule has 64 heavy (non-hydrogen) atoms. The maximum absolute atomic E-state index is 13.2. The van der Waals surface area contributed by atoms with Crippen molar-refractivity contribution in [3.05, 3.63) is 85.1 Å². The van der Waals surface area contributed by atoms with E-state index in [2.05, 4.69) is 111 Å². The first-order chi connectivity index (χ1) is 31.5. The molecule has 0 rings (SSSR count). The van der Waals surface area contributed by atoms with Gasteiger partial charge in [0.2, 0.25) is 5.91 Å². The third-order valence-electron chi connectivity index (χ3n) is 11.7. The molecule has 0 aliphatic heterocycles. The van der Waals surface area contributed by atoms with E-state index in [1.165, 1.54) is 116 Å². The first-order valence-corrected chi connectivity index (χ1v) is 26.8. The molecule has 0 aromatic carbocycles. The number of rotatable bonds is 47. The molecule has 3 atom stereocenters. The molecule has 0 spiro atoms. The average molecular weight is 892 g/mol. The summed E-state index contributed by atoms with van der Waals surface area (Å²) in [5, 5.41) is 23.8. The number of nitrogens with one attached hydrogen (secondary N) is 1. The van der Waals surface area contributed by atoms with E-state index in [9.17, 15) is 19.8 Å². The molecule has 1 amide bonds. The number of hydrogen-bond donors (Lipinski definition) is 3. The van der Waals surface area contributed by atoms with Gasteiger partial charge in [-0.3, -0.25) is 9.59 Å². The molecule has 3 N–H and O–H groups in total. The van der Waals surface area contributed by atoms with E-state index in [0.29, 0.717) is 25.7 Å². The summed E-state index contributed by atoms with van der Waals surface area (Å²) in [7, 11) is 0. The summed E-state index contributed by atoms with van der Waals surface area (Å²) in [4.78, 5) is 26.1. The van der Waals surface area contributed by atoms with Gasteiger partial charge in [-0.15, -0.1) is 0 Å². The van der Waals surface area contributed by atoms with Gasteiger partial charge in [0, 0.05) is 6.42 Å². The number of aliphatic hydroxyl groups is 2. The highest BCUT2D eigenvalue weighted by Crippen LogP contribution is 2.16. The third kappa shape index (κ3) is 45.6. The first kappa shape index (κ1) is 61.0. The quantitative estimate of drug-likeness (QED) is 0.0245. The number of allylic oxidation sites excluding steroid dienone is 14. The molecule has 0 aromatic heterocycles. The standard InChI is InChI=1S/C58H101NO5/c1-4-7-10-13-16-19-22-25-28-29-30-33-36-39-42-45-48-51-58(63)64-54(49-46-43-40-37-34-31-26-23-20-17-14-11-8-5-2)52-57(62)59-55(53-60)56(61)50-47-44-41-38-35-32-27-24-21-18-15-12-9-6-3/h7,10,16,19,25,28,30-31,33-34,37,39-40,42,54-56,60-61H,4-6,8-9,11-15,17-18,20-24,26-27,29,32,35-36,38,41,43-53H2,1-3H3,(H,59,62)/b10-7-,19-16-,28-25-,33-30-,34-31+,40-37+,42-39-. The van der Waals surface area contributed by atoms with Gasteiger partial charge in [0.25, 0.3) is 0 Å². The van der Waals surface area contributed by atoms with Crippen LogP contribution >= 0.6 is 0 Å². The minimum Gasteiger partial charge on any atom is -0.462 e. The van der Waals surface area contributed by atoms with E-state index < -0.39 is 18.2 Å². The van der Waals surface area contributed by atoms with Gasteiger partial charge in [-0.2, -0.15) is 0 Å². The van der Waals surface area contributed by atoms with E-state index >= 15 is 0 Å². The Morgan fingerprint density at radius 1 is 0.484 bits per heavy atom. The second kappa shape index (κ2) is 51.0. The highest BCUT2D eigenvalue weighted by atomic mass is 16.5. The highest BCUT2D eigenvalue weighted by Gasteiger charge is 2.24. The monoisotopic (exact) mass is 892 g/mol. The number of carbonyl (C=O) groups excluding carboxylic acids is 2. The Morgan fingerprint density at radius 3 is 1.39 bits per heavy atom. The van der Waals surface area contributed by atoms with Gasteiger partial charge in [0.1, 0.15) is 6.10 Å². The van der Waals surface area contributed by atoms with E-state index in [-0.39, 0.29) is 24.9 Å². The number of ether oxygens (including phenoxy) is 1. The van der Waals surface area contributed by atoms with Gasteiger partial charge in [-0.1, -0.05) is 234 Å².